The van der Waals surface area contributed by atoms with Crippen LogP contribution in [0.1, 0.15) is 36.8 Å². The van der Waals surface area contributed by atoms with Crippen LogP contribution in [0.4, 0.5) is 5.69 Å². The number of aryl methyl sites for hydroxylation is 2. The molecular formula is C17H24N2O2. The van der Waals surface area contributed by atoms with Gasteiger partial charge in [0.2, 0.25) is 0 Å². The number of hydrogen-bond acceptors (Lipinski definition) is 3. The van der Waals surface area contributed by atoms with Gasteiger partial charge in [-0.2, -0.15) is 0 Å². The first kappa shape index (κ1) is 14.4. The monoisotopic (exact) mass is 288 g/mol. The Labute approximate surface area is 126 Å². The van der Waals surface area contributed by atoms with Crippen LogP contribution in [0.15, 0.2) is 18.2 Å². The van der Waals surface area contributed by atoms with Gasteiger partial charge in [0.05, 0.1) is 0 Å². The van der Waals surface area contributed by atoms with Crippen molar-refractivity contribution < 1.29 is 9.90 Å². The number of aliphatic carboxylic acids is 1. The van der Waals surface area contributed by atoms with Crippen LogP contribution in [0.3, 0.4) is 0 Å². The number of rotatable bonds is 3. The maximum Gasteiger partial charge on any atom is 0.323 e. The number of benzene rings is 1. The van der Waals surface area contributed by atoms with Crippen molar-refractivity contribution in [2.45, 2.75) is 50.6 Å². The molecule has 2 unspecified atom stereocenters. The van der Waals surface area contributed by atoms with E-state index in [1.165, 1.54) is 16.8 Å². The van der Waals surface area contributed by atoms with E-state index in [1.807, 2.05) is 0 Å². The Morgan fingerprint density at radius 3 is 2.95 bits per heavy atom. The fourth-order valence-corrected chi connectivity index (χ4v) is 3.95. The van der Waals surface area contributed by atoms with Crippen LogP contribution in [-0.2, 0) is 11.2 Å². The summed E-state index contributed by atoms with van der Waals surface area (Å²) in [6, 6.07) is 6.98. The Morgan fingerprint density at radius 1 is 1.48 bits per heavy atom. The van der Waals surface area contributed by atoms with Gasteiger partial charge in [0.25, 0.3) is 0 Å². The van der Waals surface area contributed by atoms with E-state index in [9.17, 15) is 9.90 Å². The van der Waals surface area contributed by atoms with Crippen LogP contribution in [0.25, 0.3) is 0 Å². The fourth-order valence-electron chi connectivity index (χ4n) is 3.95. The molecule has 4 heteroatoms. The average Bonchev–Trinajstić information content (AvgIpc) is 2.92. The third-order valence-electron chi connectivity index (χ3n) is 5.21. The Morgan fingerprint density at radius 2 is 2.29 bits per heavy atom. The van der Waals surface area contributed by atoms with E-state index in [2.05, 4.69) is 35.3 Å². The van der Waals surface area contributed by atoms with Crippen LogP contribution in [0.5, 0.6) is 0 Å². The predicted octanol–water partition coefficient (Wildman–Crippen LogP) is 2.34. The largest absolute Gasteiger partial charge is 0.480 e. The number of likely N-dealkylation sites (N-methyl/N-ethyl adjacent to an activating group) is 1. The smallest absolute Gasteiger partial charge is 0.323 e. The molecule has 3 rings (SSSR count). The van der Waals surface area contributed by atoms with Crippen molar-refractivity contribution in [2.24, 2.45) is 0 Å². The maximum atomic E-state index is 11.6. The van der Waals surface area contributed by atoms with Crippen LogP contribution in [-0.4, -0.2) is 36.2 Å². The highest BCUT2D eigenvalue weighted by molar-refractivity contribution is 5.79. The molecule has 1 aliphatic carbocycles. The second-order valence-electron chi connectivity index (χ2n) is 6.46. The SMILES string of the molecule is CNC1(C(=O)O)CCC(N2CCCc3cc(C)ccc32)C1. The van der Waals surface area contributed by atoms with Gasteiger partial charge < -0.3 is 15.3 Å². The zero-order chi connectivity index (χ0) is 15.0. The number of carboxylic acid groups (broad SMARTS) is 1. The molecule has 2 aliphatic rings. The van der Waals surface area contributed by atoms with Crippen molar-refractivity contribution in [1.82, 2.24) is 5.32 Å². The molecule has 4 nitrogen and oxygen atoms in total. The van der Waals surface area contributed by atoms with Crippen molar-refractivity contribution in [3.05, 3.63) is 29.3 Å². The highest BCUT2D eigenvalue weighted by Gasteiger charge is 2.46. The van der Waals surface area contributed by atoms with Gasteiger partial charge in [0.1, 0.15) is 5.54 Å². The van der Waals surface area contributed by atoms with E-state index in [1.54, 1.807) is 7.05 Å². The fraction of sp³-hybridized carbons (Fsp3) is 0.588. The summed E-state index contributed by atoms with van der Waals surface area (Å²) in [5.41, 5.74) is 3.29. The first-order chi connectivity index (χ1) is 10.1. The van der Waals surface area contributed by atoms with Crippen molar-refractivity contribution >= 4 is 11.7 Å². The van der Waals surface area contributed by atoms with Crippen LogP contribution in [0, 0.1) is 6.92 Å². The molecule has 2 N–H and O–H groups in total. The van der Waals surface area contributed by atoms with Crippen molar-refractivity contribution in [1.29, 1.82) is 0 Å². The second kappa shape index (κ2) is 5.34. The number of anilines is 1. The molecule has 1 aromatic carbocycles. The van der Waals surface area contributed by atoms with E-state index in [4.69, 9.17) is 0 Å². The summed E-state index contributed by atoms with van der Waals surface area (Å²) in [5.74, 6) is -0.714. The van der Waals surface area contributed by atoms with Gasteiger partial charge >= 0.3 is 5.97 Å². The highest BCUT2D eigenvalue weighted by Crippen LogP contribution is 2.38. The quantitative estimate of drug-likeness (QED) is 0.896. The normalized spacial score (nSPS) is 28.5. The summed E-state index contributed by atoms with van der Waals surface area (Å²) in [6.07, 6.45) is 4.64. The Hall–Kier alpha value is -1.55. The molecule has 0 amide bonds. The summed E-state index contributed by atoms with van der Waals surface area (Å²) < 4.78 is 0. The molecule has 0 aromatic heterocycles. The summed E-state index contributed by atoms with van der Waals surface area (Å²) in [6.45, 7) is 3.17. The summed E-state index contributed by atoms with van der Waals surface area (Å²) in [4.78, 5) is 14.0. The number of nitrogens with zero attached hydrogens (tertiary/aromatic N) is 1. The number of nitrogens with one attached hydrogen (secondary N) is 1. The van der Waals surface area contributed by atoms with Crippen LogP contribution < -0.4 is 10.2 Å². The Balaban J connectivity index is 1.86. The van der Waals surface area contributed by atoms with Crippen molar-refractivity contribution in [2.75, 3.05) is 18.5 Å². The van der Waals surface area contributed by atoms with Crippen molar-refractivity contribution in [3.63, 3.8) is 0 Å². The maximum absolute atomic E-state index is 11.6. The van der Waals surface area contributed by atoms with E-state index in [0.717, 1.165) is 25.8 Å². The lowest BCUT2D eigenvalue weighted by Crippen LogP contribution is -2.50. The minimum Gasteiger partial charge on any atom is -0.480 e. The number of hydrogen-bond donors (Lipinski definition) is 2. The number of fused-ring (bicyclic) bond motifs is 1. The first-order valence-electron chi connectivity index (χ1n) is 7.84. The topological polar surface area (TPSA) is 52.6 Å². The third-order valence-corrected chi connectivity index (χ3v) is 5.21. The second-order valence-corrected chi connectivity index (χ2v) is 6.46. The molecule has 1 fully saturated rings. The summed E-state index contributed by atoms with van der Waals surface area (Å²) >= 11 is 0. The van der Waals surface area contributed by atoms with E-state index >= 15 is 0 Å². The zero-order valence-electron chi connectivity index (χ0n) is 12.9. The summed E-state index contributed by atoms with van der Waals surface area (Å²) in [5, 5.41) is 12.6. The lowest BCUT2D eigenvalue weighted by atomic mass is 9.95. The van der Waals surface area contributed by atoms with Gasteiger partial charge in [0, 0.05) is 18.3 Å². The molecule has 21 heavy (non-hydrogen) atoms. The first-order valence-corrected chi connectivity index (χ1v) is 7.84. The summed E-state index contributed by atoms with van der Waals surface area (Å²) in [7, 11) is 1.77. The lowest BCUT2D eigenvalue weighted by Gasteiger charge is -2.37. The third kappa shape index (κ3) is 2.42. The number of carbonyl (C=O) groups is 1. The van der Waals surface area contributed by atoms with E-state index < -0.39 is 11.5 Å². The van der Waals surface area contributed by atoms with E-state index in [0.29, 0.717) is 18.9 Å². The minimum atomic E-state index is -0.743. The Bertz CT molecular complexity index is 558. The minimum absolute atomic E-state index is 0.329. The van der Waals surface area contributed by atoms with Gasteiger partial charge in [-0.1, -0.05) is 17.7 Å². The molecule has 0 saturated heterocycles. The van der Waals surface area contributed by atoms with Gasteiger partial charge in [-0.05, 0) is 57.7 Å². The van der Waals surface area contributed by atoms with Gasteiger partial charge in [-0.15, -0.1) is 0 Å². The van der Waals surface area contributed by atoms with Crippen LogP contribution >= 0.6 is 0 Å². The Kier molecular flexibility index (Phi) is 3.66. The van der Waals surface area contributed by atoms with Crippen LogP contribution in [0.2, 0.25) is 0 Å². The van der Waals surface area contributed by atoms with Crippen molar-refractivity contribution in [3.8, 4) is 0 Å². The molecule has 1 aromatic rings. The molecule has 114 valence electrons. The van der Waals surface area contributed by atoms with Gasteiger partial charge in [0.15, 0.2) is 0 Å². The molecular weight excluding hydrogens is 264 g/mol. The molecule has 1 saturated carbocycles. The lowest BCUT2D eigenvalue weighted by molar-refractivity contribution is -0.144. The molecule has 2 atom stereocenters. The zero-order valence-corrected chi connectivity index (χ0v) is 12.9. The van der Waals surface area contributed by atoms with Gasteiger partial charge in [-0.25, -0.2) is 0 Å². The highest BCUT2D eigenvalue weighted by atomic mass is 16.4. The predicted molar refractivity (Wildman–Crippen MR) is 83.9 cm³/mol. The average molecular weight is 288 g/mol. The molecule has 1 heterocycles. The molecule has 0 radical (unpaired) electrons. The molecule has 0 bridgehead atoms. The van der Waals surface area contributed by atoms with Gasteiger partial charge in [-0.3, -0.25) is 4.79 Å². The van der Waals surface area contributed by atoms with E-state index in [-0.39, 0.29) is 0 Å². The number of carboxylic acids is 1. The molecule has 1 aliphatic heterocycles. The standard InChI is InChI=1S/C17H24N2O2/c1-12-5-6-15-13(10-12)4-3-9-19(15)14-7-8-17(11-14,18-2)16(20)21/h5-6,10,14,18H,3-4,7-9,11H2,1-2H3,(H,20,21). The molecule has 0 spiro atoms.